The molecular formula is C14H10BrClN2O3. The molecule has 2 aromatic carbocycles. The van der Waals surface area contributed by atoms with E-state index in [1.54, 1.807) is 24.3 Å². The van der Waals surface area contributed by atoms with Crippen LogP contribution in [0.1, 0.15) is 15.9 Å². The largest absolute Gasteiger partial charge is 0.322 e. The van der Waals surface area contributed by atoms with Crippen molar-refractivity contribution in [3.63, 3.8) is 0 Å². The maximum atomic E-state index is 12.1. The Morgan fingerprint density at radius 1 is 1.29 bits per heavy atom. The van der Waals surface area contributed by atoms with Gasteiger partial charge in [0.05, 0.1) is 9.40 Å². The van der Waals surface area contributed by atoms with Crippen molar-refractivity contribution in [1.82, 2.24) is 0 Å². The lowest BCUT2D eigenvalue weighted by molar-refractivity contribution is -0.385. The summed E-state index contributed by atoms with van der Waals surface area (Å²) in [6.07, 6.45) is 0. The fourth-order valence-electron chi connectivity index (χ4n) is 1.73. The van der Waals surface area contributed by atoms with Crippen LogP contribution < -0.4 is 5.32 Å². The first kappa shape index (κ1) is 15.5. The molecule has 2 rings (SSSR count). The van der Waals surface area contributed by atoms with Crippen LogP contribution in [0.15, 0.2) is 46.9 Å². The number of nitro groups is 1. The molecule has 0 saturated heterocycles. The number of halogens is 2. The molecule has 0 fully saturated rings. The van der Waals surface area contributed by atoms with Gasteiger partial charge in [-0.3, -0.25) is 14.9 Å². The van der Waals surface area contributed by atoms with Crippen LogP contribution in [0.3, 0.4) is 0 Å². The van der Waals surface area contributed by atoms with Gasteiger partial charge < -0.3 is 5.32 Å². The molecule has 1 N–H and O–H groups in total. The molecule has 0 bridgehead atoms. The van der Waals surface area contributed by atoms with Crippen molar-refractivity contribution < 1.29 is 9.72 Å². The zero-order chi connectivity index (χ0) is 15.4. The van der Waals surface area contributed by atoms with Gasteiger partial charge in [-0.05, 0) is 45.8 Å². The second-order valence-electron chi connectivity index (χ2n) is 4.21. The molecule has 0 aromatic heterocycles. The van der Waals surface area contributed by atoms with Crippen LogP contribution in [0.25, 0.3) is 0 Å². The number of amides is 1. The second-order valence-corrected chi connectivity index (χ2v) is 5.33. The highest BCUT2D eigenvalue weighted by Gasteiger charge is 2.14. The van der Waals surface area contributed by atoms with E-state index in [0.717, 1.165) is 5.56 Å². The van der Waals surface area contributed by atoms with E-state index < -0.39 is 4.92 Å². The average Bonchev–Trinajstić information content (AvgIpc) is 2.49. The fraction of sp³-hybridized carbons (Fsp3) is 0.0714. The zero-order valence-corrected chi connectivity index (χ0v) is 13.0. The third kappa shape index (κ3) is 3.80. The Balaban J connectivity index is 2.23. The van der Waals surface area contributed by atoms with Crippen LogP contribution >= 0.6 is 27.5 Å². The predicted molar refractivity (Wildman–Crippen MR) is 84.7 cm³/mol. The number of nitro benzene ring substituents is 1. The summed E-state index contributed by atoms with van der Waals surface area (Å²) in [5.74, 6) is -0.0381. The summed E-state index contributed by atoms with van der Waals surface area (Å²) >= 11 is 8.82. The molecule has 0 radical (unpaired) electrons. The smallest absolute Gasteiger partial charge is 0.285 e. The van der Waals surface area contributed by atoms with E-state index in [1.807, 2.05) is 6.07 Å². The molecule has 0 atom stereocenters. The Kier molecular flexibility index (Phi) is 4.93. The minimum atomic E-state index is -0.520. The van der Waals surface area contributed by atoms with E-state index in [-0.39, 0.29) is 11.6 Å². The number of carbonyl (C=O) groups excluding carboxylic acids is 1. The van der Waals surface area contributed by atoms with Gasteiger partial charge in [-0.1, -0.05) is 12.1 Å². The molecule has 0 aliphatic rings. The number of nitrogens with one attached hydrogen (secondary N) is 1. The summed E-state index contributed by atoms with van der Waals surface area (Å²) < 4.78 is 0.356. The third-order valence-corrected chi connectivity index (χ3v) is 3.72. The van der Waals surface area contributed by atoms with Gasteiger partial charge in [0.2, 0.25) is 0 Å². The van der Waals surface area contributed by atoms with E-state index in [9.17, 15) is 14.9 Å². The van der Waals surface area contributed by atoms with E-state index in [2.05, 4.69) is 21.2 Å². The highest BCUT2D eigenvalue weighted by atomic mass is 79.9. The summed E-state index contributed by atoms with van der Waals surface area (Å²) in [5, 5.41) is 13.5. The van der Waals surface area contributed by atoms with Gasteiger partial charge in [-0.2, -0.15) is 0 Å². The fourth-order valence-corrected chi connectivity index (χ4v) is 2.29. The van der Waals surface area contributed by atoms with Crippen molar-refractivity contribution in [3.05, 3.63) is 68.2 Å². The molecule has 21 heavy (non-hydrogen) atoms. The molecule has 2 aromatic rings. The minimum absolute atomic E-state index is 0.109. The van der Waals surface area contributed by atoms with Crippen molar-refractivity contribution in [2.75, 3.05) is 5.32 Å². The molecule has 5 nitrogen and oxygen atoms in total. The molecule has 0 heterocycles. The molecule has 0 aliphatic heterocycles. The standard InChI is InChI=1S/C14H10BrClN2O3/c15-12-5-4-11(7-13(12)18(20)21)17-14(19)10-3-1-2-9(6-10)8-16/h1-7H,8H2,(H,17,19). The molecule has 0 unspecified atom stereocenters. The van der Waals surface area contributed by atoms with Gasteiger partial charge in [0.1, 0.15) is 0 Å². The zero-order valence-electron chi connectivity index (χ0n) is 10.7. The molecule has 7 heteroatoms. The quantitative estimate of drug-likeness (QED) is 0.495. The first-order chi connectivity index (χ1) is 10.0. The van der Waals surface area contributed by atoms with Gasteiger partial charge in [-0.15, -0.1) is 11.6 Å². The van der Waals surface area contributed by atoms with Gasteiger partial charge >= 0.3 is 0 Å². The number of carbonyl (C=O) groups is 1. The van der Waals surface area contributed by atoms with E-state index in [4.69, 9.17) is 11.6 Å². The number of alkyl halides is 1. The molecule has 0 spiro atoms. The molecular weight excluding hydrogens is 360 g/mol. The SMILES string of the molecule is O=C(Nc1ccc(Br)c([N+](=O)[O-])c1)c1cccc(CCl)c1. The average molecular weight is 370 g/mol. The monoisotopic (exact) mass is 368 g/mol. The van der Waals surface area contributed by atoms with E-state index >= 15 is 0 Å². The Bertz CT molecular complexity index is 706. The summed E-state index contributed by atoms with van der Waals surface area (Å²) in [7, 11) is 0. The Morgan fingerprint density at radius 3 is 2.71 bits per heavy atom. The number of benzene rings is 2. The highest BCUT2D eigenvalue weighted by molar-refractivity contribution is 9.10. The lowest BCUT2D eigenvalue weighted by Gasteiger charge is -2.06. The van der Waals surface area contributed by atoms with Crippen LogP contribution in [-0.4, -0.2) is 10.8 Å². The van der Waals surface area contributed by atoms with Crippen molar-refractivity contribution >= 4 is 44.8 Å². The normalized spacial score (nSPS) is 10.2. The number of anilines is 1. The van der Waals surface area contributed by atoms with Crippen LogP contribution in [0.4, 0.5) is 11.4 Å². The molecule has 108 valence electrons. The van der Waals surface area contributed by atoms with Crippen molar-refractivity contribution in [1.29, 1.82) is 0 Å². The number of rotatable bonds is 4. The topological polar surface area (TPSA) is 72.2 Å². The first-order valence-corrected chi connectivity index (χ1v) is 7.24. The van der Waals surface area contributed by atoms with Gasteiger partial charge in [0, 0.05) is 23.2 Å². The Morgan fingerprint density at radius 2 is 2.05 bits per heavy atom. The highest BCUT2D eigenvalue weighted by Crippen LogP contribution is 2.28. The lowest BCUT2D eigenvalue weighted by Crippen LogP contribution is -2.12. The van der Waals surface area contributed by atoms with Crippen LogP contribution in [0.5, 0.6) is 0 Å². The van der Waals surface area contributed by atoms with Crippen LogP contribution in [0, 0.1) is 10.1 Å². The number of hydrogen-bond acceptors (Lipinski definition) is 3. The van der Waals surface area contributed by atoms with E-state index in [1.165, 1.54) is 12.1 Å². The maximum absolute atomic E-state index is 12.1. The van der Waals surface area contributed by atoms with Gasteiger partial charge in [0.25, 0.3) is 11.6 Å². The van der Waals surface area contributed by atoms with Gasteiger partial charge in [-0.25, -0.2) is 0 Å². The molecule has 0 saturated carbocycles. The summed E-state index contributed by atoms with van der Waals surface area (Å²) in [4.78, 5) is 22.5. The molecule has 0 aliphatic carbocycles. The number of hydrogen-bond donors (Lipinski definition) is 1. The van der Waals surface area contributed by atoms with Gasteiger partial charge in [0.15, 0.2) is 0 Å². The van der Waals surface area contributed by atoms with Crippen molar-refractivity contribution in [2.45, 2.75) is 5.88 Å². The summed E-state index contributed by atoms with van der Waals surface area (Å²) in [6, 6.07) is 11.3. The van der Waals surface area contributed by atoms with Crippen LogP contribution in [-0.2, 0) is 5.88 Å². The van der Waals surface area contributed by atoms with Crippen molar-refractivity contribution in [3.8, 4) is 0 Å². The van der Waals surface area contributed by atoms with Crippen LogP contribution in [0.2, 0.25) is 0 Å². The van der Waals surface area contributed by atoms with E-state index in [0.29, 0.717) is 21.6 Å². The minimum Gasteiger partial charge on any atom is -0.322 e. The Labute approximate surface area is 134 Å². The summed E-state index contributed by atoms with van der Waals surface area (Å²) in [5.41, 5.74) is 1.51. The summed E-state index contributed by atoms with van der Waals surface area (Å²) in [6.45, 7) is 0. The predicted octanol–water partition coefficient (Wildman–Crippen LogP) is 4.35. The lowest BCUT2D eigenvalue weighted by atomic mass is 10.1. The Hall–Kier alpha value is -1.92. The second kappa shape index (κ2) is 6.69. The first-order valence-electron chi connectivity index (χ1n) is 5.91. The molecule has 1 amide bonds. The number of nitrogens with zero attached hydrogens (tertiary/aromatic N) is 1. The maximum Gasteiger partial charge on any atom is 0.285 e. The third-order valence-electron chi connectivity index (χ3n) is 2.74. The van der Waals surface area contributed by atoms with Crippen molar-refractivity contribution in [2.24, 2.45) is 0 Å².